The first-order valence-electron chi connectivity index (χ1n) is 10.2. The van der Waals surface area contributed by atoms with Gasteiger partial charge in [0.15, 0.2) is 6.17 Å². The van der Waals surface area contributed by atoms with Crippen molar-refractivity contribution in [1.29, 1.82) is 0 Å². The van der Waals surface area contributed by atoms with Gasteiger partial charge in [0.05, 0.1) is 5.69 Å². The number of carbonyl (C=O) groups is 2. The van der Waals surface area contributed by atoms with Gasteiger partial charge in [-0.25, -0.2) is 14.7 Å². The van der Waals surface area contributed by atoms with Crippen LogP contribution >= 0.6 is 58.0 Å². The maximum Gasteiger partial charge on any atom is 0.337 e. The van der Waals surface area contributed by atoms with Crippen LogP contribution in [0.25, 0.3) is 0 Å². The summed E-state index contributed by atoms with van der Waals surface area (Å²) in [5.74, 6) is -0.821. The first-order chi connectivity index (χ1) is 16.6. The molecule has 1 aliphatic heterocycles. The number of hydrogen-bond donors (Lipinski definition) is 0. The average molecular weight is 571 g/mol. The second kappa shape index (κ2) is 10.2. The van der Waals surface area contributed by atoms with E-state index in [-0.39, 0.29) is 5.84 Å². The van der Waals surface area contributed by atoms with Gasteiger partial charge in [-0.15, -0.1) is 0 Å². The summed E-state index contributed by atoms with van der Waals surface area (Å²) in [4.78, 5) is 34.4. The zero-order valence-electron chi connectivity index (χ0n) is 18.1. The Hall–Kier alpha value is -2.48. The predicted molar refractivity (Wildman–Crippen MR) is 144 cm³/mol. The maximum absolute atomic E-state index is 13.1. The molecule has 11 heteroatoms. The first kappa shape index (κ1) is 25.6. The Bertz CT molecular complexity index is 1220. The number of hydrogen-bond acceptors (Lipinski definition) is 4. The lowest BCUT2D eigenvalue weighted by Crippen LogP contribution is -2.43. The number of anilines is 3. The minimum atomic E-state index is -2.03. The normalized spacial score (nSPS) is 16.2. The van der Waals surface area contributed by atoms with Crippen molar-refractivity contribution in [3.8, 4) is 0 Å². The van der Waals surface area contributed by atoms with Gasteiger partial charge < -0.3 is 4.90 Å². The van der Waals surface area contributed by atoms with E-state index in [2.05, 4.69) is 4.99 Å². The molecular formula is C24H17Cl5N4O2. The van der Waals surface area contributed by atoms with Crippen LogP contribution < -0.4 is 9.80 Å². The first-order valence-corrected chi connectivity index (χ1v) is 12.1. The summed E-state index contributed by atoms with van der Waals surface area (Å²) in [6, 6.07) is 21.7. The Morgan fingerprint density at radius 3 is 1.74 bits per heavy atom. The van der Waals surface area contributed by atoms with Gasteiger partial charge in [-0.05, 0) is 60.7 Å². The molecular weight excluding hydrogens is 554 g/mol. The molecule has 180 valence electrons. The highest BCUT2D eigenvalue weighted by Crippen LogP contribution is 2.41. The SMILES string of the molecule is CN1C(=O)C(=NC(N(c2ccc(Cl)cc2)c2ccc(Cl)cc2)C(Cl)(Cl)Cl)N(c2ccccc2)C1=O. The van der Waals surface area contributed by atoms with Crippen molar-refractivity contribution < 1.29 is 9.59 Å². The summed E-state index contributed by atoms with van der Waals surface area (Å²) in [7, 11) is 1.36. The smallest absolute Gasteiger partial charge is 0.315 e. The summed E-state index contributed by atoms with van der Waals surface area (Å²) in [5.41, 5.74) is 1.60. The number of urea groups is 1. The van der Waals surface area contributed by atoms with E-state index in [9.17, 15) is 9.59 Å². The van der Waals surface area contributed by atoms with Crippen molar-refractivity contribution in [2.45, 2.75) is 9.96 Å². The minimum absolute atomic E-state index is 0.187. The summed E-state index contributed by atoms with van der Waals surface area (Å²) in [6.07, 6.45) is -1.26. The van der Waals surface area contributed by atoms with Gasteiger partial charge >= 0.3 is 6.03 Å². The van der Waals surface area contributed by atoms with Crippen LogP contribution in [0, 0.1) is 0 Å². The van der Waals surface area contributed by atoms with E-state index >= 15 is 0 Å². The Morgan fingerprint density at radius 1 is 0.800 bits per heavy atom. The summed E-state index contributed by atoms with van der Waals surface area (Å²) in [5, 5.41) is 1.02. The molecule has 1 saturated heterocycles. The fraction of sp³-hybridized carbons (Fsp3) is 0.125. The van der Waals surface area contributed by atoms with Crippen LogP contribution in [0.4, 0.5) is 21.9 Å². The van der Waals surface area contributed by atoms with Crippen LogP contribution in [0.2, 0.25) is 10.0 Å². The van der Waals surface area contributed by atoms with Gasteiger partial charge in [0.2, 0.25) is 9.63 Å². The molecule has 0 aliphatic carbocycles. The van der Waals surface area contributed by atoms with Crippen LogP contribution in [-0.4, -0.2) is 39.7 Å². The van der Waals surface area contributed by atoms with E-state index in [1.54, 1.807) is 83.8 Å². The lowest BCUT2D eigenvalue weighted by molar-refractivity contribution is -0.119. The lowest BCUT2D eigenvalue weighted by atomic mass is 10.2. The van der Waals surface area contributed by atoms with E-state index in [1.165, 1.54) is 11.9 Å². The van der Waals surface area contributed by atoms with Gasteiger partial charge in [-0.1, -0.05) is 76.2 Å². The lowest BCUT2D eigenvalue weighted by Gasteiger charge is -2.35. The number of amidine groups is 1. The number of carbonyl (C=O) groups excluding carboxylic acids is 2. The summed E-state index contributed by atoms with van der Waals surface area (Å²) < 4.78 is -2.03. The van der Waals surface area contributed by atoms with Crippen LogP contribution in [0.1, 0.15) is 0 Å². The monoisotopic (exact) mass is 568 g/mol. The summed E-state index contributed by atoms with van der Waals surface area (Å²) in [6.45, 7) is 0. The number of aliphatic imine (C=N–C) groups is 1. The molecule has 1 heterocycles. The van der Waals surface area contributed by atoms with Crippen molar-refractivity contribution in [1.82, 2.24) is 4.90 Å². The largest absolute Gasteiger partial charge is 0.337 e. The van der Waals surface area contributed by atoms with Crippen molar-refractivity contribution in [3.63, 3.8) is 0 Å². The third kappa shape index (κ3) is 5.37. The van der Waals surface area contributed by atoms with E-state index in [0.29, 0.717) is 27.1 Å². The maximum atomic E-state index is 13.1. The highest BCUT2D eigenvalue weighted by atomic mass is 35.6. The number of benzene rings is 3. The third-order valence-corrected chi connectivity index (χ3v) is 6.28. The van der Waals surface area contributed by atoms with Gasteiger partial charge in [-0.3, -0.25) is 9.69 Å². The molecule has 0 spiro atoms. The second-order valence-corrected chi connectivity index (χ2v) is 10.8. The Balaban J connectivity index is 1.92. The molecule has 35 heavy (non-hydrogen) atoms. The molecule has 0 radical (unpaired) electrons. The molecule has 0 aromatic heterocycles. The standard InChI is InChI=1S/C24H17Cl5N4O2/c1-31-21(34)20(33(23(31)35)17-5-3-2-4-6-17)30-22(24(27,28)29)32(18-11-7-15(25)8-12-18)19-13-9-16(26)10-14-19/h2-14,22H,1H3. The Labute approximate surface area is 227 Å². The van der Waals surface area contributed by atoms with Gasteiger partial charge in [0, 0.05) is 28.5 Å². The zero-order chi connectivity index (χ0) is 25.3. The molecule has 3 amide bonds. The van der Waals surface area contributed by atoms with E-state index in [1.807, 2.05) is 0 Å². The molecule has 3 aromatic rings. The molecule has 3 aromatic carbocycles. The molecule has 0 N–H and O–H groups in total. The average Bonchev–Trinajstić information content (AvgIpc) is 3.04. The summed E-state index contributed by atoms with van der Waals surface area (Å²) >= 11 is 31.5. The number of rotatable bonds is 5. The van der Waals surface area contributed by atoms with Crippen molar-refractivity contribution in [2.24, 2.45) is 4.99 Å². The number of para-hydroxylation sites is 1. The van der Waals surface area contributed by atoms with E-state index in [0.717, 1.165) is 4.90 Å². The number of imide groups is 1. The van der Waals surface area contributed by atoms with Crippen molar-refractivity contribution >= 4 is 92.8 Å². The molecule has 4 rings (SSSR count). The van der Waals surface area contributed by atoms with Gasteiger partial charge in [0.25, 0.3) is 5.91 Å². The van der Waals surface area contributed by atoms with Gasteiger partial charge in [-0.2, -0.15) is 0 Å². The number of halogens is 5. The quantitative estimate of drug-likeness (QED) is 0.239. The van der Waals surface area contributed by atoms with Crippen LogP contribution in [-0.2, 0) is 4.79 Å². The number of amides is 3. The number of alkyl halides is 3. The molecule has 1 atom stereocenters. The topological polar surface area (TPSA) is 56.2 Å². The number of likely N-dealkylation sites (N-methyl/N-ethyl adjacent to an activating group) is 1. The third-order valence-electron chi connectivity index (χ3n) is 5.19. The second-order valence-electron chi connectivity index (χ2n) is 7.51. The number of nitrogens with zero attached hydrogens (tertiary/aromatic N) is 4. The Kier molecular flexibility index (Phi) is 7.50. The van der Waals surface area contributed by atoms with Gasteiger partial charge in [0.1, 0.15) is 0 Å². The Morgan fingerprint density at radius 2 is 1.29 bits per heavy atom. The highest BCUT2D eigenvalue weighted by molar-refractivity contribution is 6.68. The van der Waals surface area contributed by atoms with Crippen LogP contribution in [0.3, 0.4) is 0 Å². The minimum Gasteiger partial charge on any atom is -0.315 e. The predicted octanol–water partition coefficient (Wildman–Crippen LogP) is 7.32. The van der Waals surface area contributed by atoms with Crippen molar-refractivity contribution in [3.05, 3.63) is 88.9 Å². The molecule has 0 bridgehead atoms. The molecule has 6 nitrogen and oxygen atoms in total. The van der Waals surface area contributed by atoms with E-state index < -0.39 is 21.9 Å². The fourth-order valence-electron chi connectivity index (χ4n) is 3.52. The molecule has 1 aliphatic rings. The molecule has 1 unspecified atom stereocenters. The van der Waals surface area contributed by atoms with E-state index in [4.69, 9.17) is 58.0 Å². The van der Waals surface area contributed by atoms with Crippen molar-refractivity contribution in [2.75, 3.05) is 16.8 Å². The highest BCUT2D eigenvalue weighted by Gasteiger charge is 2.45. The molecule has 0 saturated carbocycles. The van der Waals surface area contributed by atoms with Crippen LogP contribution in [0.5, 0.6) is 0 Å². The van der Waals surface area contributed by atoms with Crippen LogP contribution in [0.15, 0.2) is 83.9 Å². The fourth-order valence-corrected chi connectivity index (χ4v) is 4.21. The zero-order valence-corrected chi connectivity index (χ0v) is 21.9. The molecule has 1 fully saturated rings.